The van der Waals surface area contributed by atoms with Gasteiger partial charge in [-0.05, 0) is 31.2 Å². The Morgan fingerprint density at radius 1 is 1.15 bits per heavy atom. The summed E-state index contributed by atoms with van der Waals surface area (Å²) >= 11 is 0. The van der Waals surface area contributed by atoms with Crippen molar-refractivity contribution in [2.24, 2.45) is 0 Å². The molecular weight excluding hydrogens is 357 g/mol. The van der Waals surface area contributed by atoms with Crippen molar-refractivity contribution in [3.63, 3.8) is 0 Å². The predicted octanol–water partition coefficient (Wildman–Crippen LogP) is 5.20. The standard InChI is InChI=1S/C20H17F3N2O2/c1-3-27-19(26)16-12-24-17-11-13(20(21,22)23)9-10-15(17)18(16)25(2)14-7-5-4-6-8-14/h4-12H,3H2,1-2H3. The molecule has 4 nitrogen and oxygen atoms in total. The Bertz CT molecular complexity index is 972. The molecule has 7 heteroatoms. The number of carbonyl (C=O) groups is 1. The summed E-state index contributed by atoms with van der Waals surface area (Å²) in [5, 5.41) is 0.430. The molecule has 140 valence electrons. The van der Waals surface area contributed by atoms with Gasteiger partial charge in [-0.2, -0.15) is 13.2 Å². The summed E-state index contributed by atoms with van der Waals surface area (Å²) in [6.07, 6.45) is -3.21. The van der Waals surface area contributed by atoms with Crippen LogP contribution in [0.2, 0.25) is 0 Å². The minimum absolute atomic E-state index is 0.149. The number of pyridine rings is 1. The highest BCUT2D eigenvalue weighted by Crippen LogP contribution is 2.37. The molecule has 1 aromatic heterocycles. The van der Waals surface area contributed by atoms with E-state index in [0.717, 1.165) is 17.8 Å². The third-order valence-electron chi connectivity index (χ3n) is 4.14. The number of aromatic nitrogens is 1. The average molecular weight is 374 g/mol. The predicted molar refractivity (Wildman–Crippen MR) is 97.2 cm³/mol. The highest BCUT2D eigenvalue weighted by atomic mass is 19.4. The molecule has 0 bridgehead atoms. The molecule has 0 aliphatic carbocycles. The number of ether oxygens (including phenoxy) is 1. The first-order chi connectivity index (χ1) is 12.8. The van der Waals surface area contributed by atoms with Crippen molar-refractivity contribution in [3.8, 4) is 0 Å². The molecule has 27 heavy (non-hydrogen) atoms. The molecule has 3 rings (SSSR count). The lowest BCUT2D eigenvalue weighted by atomic mass is 10.0. The Labute approximate surface area is 154 Å². The molecule has 0 aliphatic rings. The summed E-state index contributed by atoms with van der Waals surface area (Å²) in [5.74, 6) is -0.579. The van der Waals surface area contributed by atoms with E-state index in [0.29, 0.717) is 11.1 Å². The Balaban J connectivity index is 2.24. The molecule has 0 aliphatic heterocycles. The van der Waals surface area contributed by atoms with Crippen molar-refractivity contribution in [3.05, 3.63) is 65.9 Å². The fourth-order valence-corrected chi connectivity index (χ4v) is 2.86. The second-order valence-electron chi connectivity index (χ2n) is 5.87. The van der Waals surface area contributed by atoms with Gasteiger partial charge < -0.3 is 9.64 Å². The largest absolute Gasteiger partial charge is 0.462 e. The number of halogens is 3. The Morgan fingerprint density at radius 3 is 2.48 bits per heavy atom. The molecule has 0 N–H and O–H groups in total. The van der Waals surface area contributed by atoms with Gasteiger partial charge in [-0.1, -0.05) is 24.3 Å². The van der Waals surface area contributed by atoms with E-state index < -0.39 is 17.7 Å². The molecule has 3 aromatic rings. The lowest BCUT2D eigenvalue weighted by Crippen LogP contribution is -2.17. The van der Waals surface area contributed by atoms with Crippen molar-refractivity contribution >= 4 is 28.2 Å². The molecule has 0 unspecified atom stereocenters. The van der Waals surface area contributed by atoms with Gasteiger partial charge in [0.1, 0.15) is 5.56 Å². The molecular formula is C20H17F3N2O2. The number of hydrogen-bond acceptors (Lipinski definition) is 4. The van der Waals surface area contributed by atoms with Crippen LogP contribution in [0, 0.1) is 0 Å². The van der Waals surface area contributed by atoms with Crippen LogP contribution in [0.5, 0.6) is 0 Å². The molecule has 0 fully saturated rings. The Morgan fingerprint density at radius 2 is 1.85 bits per heavy atom. The first-order valence-electron chi connectivity index (χ1n) is 8.28. The topological polar surface area (TPSA) is 42.4 Å². The number of rotatable bonds is 4. The highest BCUT2D eigenvalue weighted by molar-refractivity contribution is 6.06. The van der Waals surface area contributed by atoms with Gasteiger partial charge in [-0.15, -0.1) is 0 Å². The number of esters is 1. The van der Waals surface area contributed by atoms with Crippen LogP contribution in [-0.2, 0) is 10.9 Å². The van der Waals surface area contributed by atoms with E-state index in [1.54, 1.807) is 18.9 Å². The van der Waals surface area contributed by atoms with Gasteiger partial charge in [0.2, 0.25) is 0 Å². The van der Waals surface area contributed by atoms with Crippen LogP contribution in [-0.4, -0.2) is 24.6 Å². The number of benzene rings is 2. The molecule has 0 amide bonds. The van der Waals surface area contributed by atoms with Crippen molar-refractivity contribution in [2.75, 3.05) is 18.6 Å². The minimum atomic E-state index is -4.47. The van der Waals surface area contributed by atoms with E-state index in [1.807, 2.05) is 30.3 Å². The Hall–Kier alpha value is -3.09. The van der Waals surface area contributed by atoms with Gasteiger partial charge in [-0.25, -0.2) is 4.79 Å². The first-order valence-corrected chi connectivity index (χ1v) is 8.28. The van der Waals surface area contributed by atoms with E-state index in [9.17, 15) is 18.0 Å². The number of carbonyl (C=O) groups excluding carboxylic acids is 1. The van der Waals surface area contributed by atoms with E-state index >= 15 is 0 Å². The van der Waals surface area contributed by atoms with Crippen LogP contribution in [0.1, 0.15) is 22.8 Å². The second-order valence-corrected chi connectivity index (χ2v) is 5.87. The zero-order chi connectivity index (χ0) is 19.6. The van der Waals surface area contributed by atoms with Gasteiger partial charge in [0, 0.05) is 24.3 Å². The number of anilines is 2. The maximum Gasteiger partial charge on any atom is 0.416 e. The van der Waals surface area contributed by atoms with Gasteiger partial charge in [-0.3, -0.25) is 4.98 Å². The van der Waals surface area contributed by atoms with Crippen molar-refractivity contribution in [1.82, 2.24) is 4.98 Å². The van der Waals surface area contributed by atoms with Gasteiger partial charge in [0.05, 0.1) is 23.4 Å². The number of hydrogen-bond donors (Lipinski definition) is 0. The summed E-state index contributed by atoms with van der Waals surface area (Å²) in [6, 6.07) is 12.5. The summed E-state index contributed by atoms with van der Waals surface area (Å²) in [4.78, 5) is 18.2. The van der Waals surface area contributed by atoms with Crippen LogP contribution in [0.15, 0.2) is 54.7 Å². The monoisotopic (exact) mass is 374 g/mol. The van der Waals surface area contributed by atoms with Crippen LogP contribution in [0.25, 0.3) is 10.9 Å². The normalized spacial score (nSPS) is 11.4. The third kappa shape index (κ3) is 3.72. The van der Waals surface area contributed by atoms with Crippen LogP contribution >= 0.6 is 0 Å². The second kappa shape index (κ2) is 7.26. The average Bonchev–Trinajstić information content (AvgIpc) is 2.66. The van der Waals surface area contributed by atoms with Gasteiger partial charge in [0.15, 0.2) is 0 Å². The lowest BCUT2D eigenvalue weighted by molar-refractivity contribution is -0.137. The van der Waals surface area contributed by atoms with Crippen molar-refractivity contribution in [2.45, 2.75) is 13.1 Å². The Kier molecular flexibility index (Phi) is 5.03. The molecule has 0 radical (unpaired) electrons. The number of fused-ring (bicyclic) bond motifs is 1. The quantitative estimate of drug-likeness (QED) is 0.589. The van der Waals surface area contributed by atoms with Crippen LogP contribution < -0.4 is 4.90 Å². The fourth-order valence-electron chi connectivity index (χ4n) is 2.86. The van der Waals surface area contributed by atoms with Crippen molar-refractivity contribution in [1.29, 1.82) is 0 Å². The summed E-state index contributed by atoms with van der Waals surface area (Å²) in [7, 11) is 1.74. The third-order valence-corrected chi connectivity index (χ3v) is 4.14. The SMILES string of the molecule is CCOC(=O)c1cnc2cc(C(F)(F)F)ccc2c1N(C)c1ccccc1. The number of nitrogens with zero attached hydrogens (tertiary/aromatic N) is 2. The molecule has 0 atom stereocenters. The molecule has 0 saturated heterocycles. The summed E-state index contributed by atoms with van der Waals surface area (Å²) in [5.41, 5.74) is 0.764. The lowest BCUT2D eigenvalue weighted by Gasteiger charge is -2.24. The molecule has 0 spiro atoms. The number of para-hydroxylation sites is 1. The van der Waals surface area contributed by atoms with Gasteiger partial charge in [0.25, 0.3) is 0 Å². The van der Waals surface area contributed by atoms with Gasteiger partial charge >= 0.3 is 12.1 Å². The molecule has 0 saturated carbocycles. The molecule has 1 heterocycles. The van der Waals surface area contributed by atoms with E-state index in [1.165, 1.54) is 12.3 Å². The smallest absolute Gasteiger partial charge is 0.416 e. The van der Waals surface area contributed by atoms with E-state index in [4.69, 9.17) is 4.74 Å². The van der Waals surface area contributed by atoms with E-state index in [2.05, 4.69) is 4.98 Å². The van der Waals surface area contributed by atoms with Crippen molar-refractivity contribution < 1.29 is 22.7 Å². The summed E-state index contributed by atoms with van der Waals surface area (Å²) < 4.78 is 44.2. The minimum Gasteiger partial charge on any atom is -0.462 e. The maximum absolute atomic E-state index is 13.0. The maximum atomic E-state index is 13.0. The van der Waals surface area contributed by atoms with E-state index in [-0.39, 0.29) is 17.7 Å². The highest BCUT2D eigenvalue weighted by Gasteiger charge is 2.31. The van der Waals surface area contributed by atoms with Crippen LogP contribution in [0.3, 0.4) is 0 Å². The zero-order valence-corrected chi connectivity index (χ0v) is 14.7. The molecule has 2 aromatic carbocycles. The summed E-state index contributed by atoms with van der Waals surface area (Å²) in [6.45, 7) is 1.86. The zero-order valence-electron chi connectivity index (χ0n) is 14.7. The van der Waals surface area contributed by atoms with Crippen LogP contribution in [0.4, 0.5) is 24.5 Å². The number of alkyl halides is 3. The fraction of sp³-hybridized carbons (Fsp3) is 0.200. The first kappa shape index (κ1) is 18.7.